The van der Waals surface area contributed by atoms with E-state index >= 15 is 0 Å². The van der Waals surface area contributed by atoms with Crippen molar-refractivity contribution < 1.29 is 17.2 Å². The van der Waals surface area contributed by atoms with Crippen LogP contribution in [0.15, 0.2) is 51.1 Å². The van der Waals surface area contributed by atoms with Crippen molar-refractivity contribution in [2.24, 2.45) is 0 Å². The summed E-state index contributed by atoms with van der Waals surface area (Å²) in [6.45, 7) is 5.75. The van der Waals surface area contributed by atoms with E-state index in [2.05, 4.69) is 0 Å². The van der Waals surface area contributed by atoms with Gasteiger partial charge in [0, 0.05) is 18.8 Å². The molecule has 0 saturated carbocycles. The molecule has 142 valence electrons. The number of hydrogen-bond acceptors (Lipinski definition) is 3. The Balaban J connectivity index is 2.39. The van der Waals surface area contributed by atoms with Crippen LogP contribution in [0.5, 0.6) is 0 Å². The van der Waals surface area contributed by atoms with E-state index in [4.69, 9.17) is 0 Å². The Bertz CT molecular complexity index is 1190. The molecular weight excluding hydrogens is 372 g/mol. The van der Waals surface area contributed by atoms with Crippen LogP contribution in [0.4, 0.5) is 8.78 Å². The maximum absolute atomic E-state index is 13.7. The van der Waals surface area contributed by atoms with Crippen molar-refractivity contribution in [1.82, 2.24) is 4.57 Å². The third-order valence-electron chi connectivity index (χ3n) is 4.35. The molecule has 27 heavy (non-hydrogen) atoms. The topological polar surface area (TPSA) is 56.1 Å². The van der Waals surface area contributed by atoms with Crippen molar-refractivity contribution in [3.05, 3.63) is 69.5 Å². The van der Waals surface area contributed by atoms with Crippen LogP contribution >= 0.6 is 0 Å². The van der Waals surface area contributed by atoms with Crippen molar-refractivity contribution in [3.63, 3.8) is 0 Å². The molecule has 1 heterocycles. The highest BCUT2D eigenvalue weighted by molar-refractivity contribution is 7.91. The Morgan fingerprint density at radius 1 is 0.963 bits per heavy atom. The zero-order chi connectivity index (χ0) is 19.9. The molecule has 0 N–H and O–H groups in total. The van der Waals surface area contributed by atoms with Gasteiger partial charge in [0.1, 0.15) is 4.90 Å². The molecule has 1 aromatic heterocycles. The summed E-state index contributed by atoms with van der Waals surface area (Å²) in [5, 5.41) is -0.159. The maximum atomic E-state index is 13.7. The summed E-state index contributed by atoms with van der Waals surface area (Å²) in [6, 6.07) is 6.49. The second kappa shape index (κ2) is 6.88. The molecule has 4 nitrogen and oxygen atoms in total. The Hall–Kier alpha value is -2.54. The van der Waals surface area contributed by atoms with Gasteiger partial charge in [0.2, 0.25) is 15.3 Å². The van der Waals surface area contributed by atoms with Gasteiger partial charge in [-0.15, -0.1) is 0 Å². The van der Waals surface area contributed by atoms with Crippen molar-refractivity contribution >= 4 is 20.7 Å². The first-order chi connectivity index (χ1) is 12.6. The first-order valence-corrected chi connectivity index (χ1v) is 9.99. The number of nitrogens with zero attached hydrogens (tertiary/aromatic N) is 1. The summed E-state index contributed by atoms with van der Waals surface area (Å²) < 4.78 is 55.2. The van der Waals surface area contributed by atoms with E-state index < -0.39 is 31.8 Å². The van der Waals surface area contributed by atoms with Crippen molar-refractivity contribution in [1.29, 1.82) is 0 Å². The lowest BCUT2D eigenvalue weighted by Gasteiger charge is -2.14. The van der Waals surface area contributed by atoms with E-state index in [-0.39, 0.29) is 15.8 Å². The standard InChI is InChI=1S/C20H19F2NO3S/c1-4-5-23-11-19(20(24)15-9-16(21)17(22)10-18(15)23)27(25,26)14-7-12(2)6-13(3)8-14/h6-11H,4-5H2,1-3H3. The van der Waals surface area contributed by atoms with Gasteiger partial charge in [0.05, 0.1) is 15.8 Å². The molecule has 0 radical (unpaired) electrons. The number of aromatic nitrogens is 1. The number of fused-ring (bicyclic) bond motifs is 1. The zero-order valence-corrected chi connectivity index (χ0v) is 16.0. The lowest BCUT2D eigenvalue weighted by molar-refractivity contribution is 0.509. The van der Waals surface area contributed by atoms with Crippen LogP contribution in [0.25, 0.3) is 10.9 Å². The van der Waals surface area contributed by atoms with Gasteiger partial charge in [-0.1, -0.05) is 13.0 Å². The van der Waals surface area contributed by atoms with Gasteiger partial charge in [-0.05, 0) is 49.6 Å². The van der Waals surface area contributed by atoms with Crippen LogP contribution in [-0.2, 0) is 16.4 Å². The number of rotatable bonds is 4. The van der Waals surface area contributed by atoms with Gasteiger partial charge in [0.25, 0.3) is 0 Å². The highest BCUT2D eigenvalue weighted by Gasteiger charge is 2.25. The van der Waals surface area contributed by atoms with Crippen molar-refractivity contribution in [2.75, 3.05) is 0 Å². The first kappa shape index (κ1) is 19.2. The summed E-state index contributed by atoms with van der Waals surface area (Å²) in [5.74, 6) is -2.28. The van der Waals surface area contributed by atoms with E-state index in [1.807, 2.05) is 13.0 Å². The van der Waals surface area contributed by atoms with Gasteiger partial charge in [-0.25, -0.2) is 17.2 Å². The quantitative estimate of drug-likeness (QED) is 0.672. The summed E-state index contributed by atoms with van der Waals surface area (Å²) >= 11 is 0. The smallest absolute Gasteiger partial charge is 0.211 e. The minimum Gasteiger partial charge on any atom is -0.346 e. The summed E-state index contributed by atoms with van der Waals surface area (Å²) in [7, 11) is -4.12. The number of halogens is 2. The molecule has 7 heteroatoms. The fraction of sp³-hybridized carbons (Fsp3) is 0.250. The molecule has 0 atom stereocenters. The number of sulfone groups is 1. The predicted octanol–water partition coefficient (Wildman–Crippen LogP) is 4.14. The molecule has 2 aromatic carbocycles. The van der Waals surface area contributed by atoms with Crippen LogP contribution < -0.4 is 5.43 Å². The van der Waals surface area contributed by atoms with Crippen LogP contribution in [0, 0.1) is 25.5 Å². The van der Waals surface area contributed by atoms with Crippen LogP contribution in [0.1, 0.15) is 24.5 Å². The van der Waals surface area contributed by atoms with E-state index in [9.17, 15) is 22.0 Å². The van der Waals surface area contributed by atoms with Crippen LogP contribution in [-0.4, -0.2) is 13.0 Å². The highest BCUT2D eigenvalue weighted by Crippen LogP contribution is 2.24. The largest absolute Gasteiger partial charge is 0.346 e. The number of hydrogen-bond donors (Lipinski definition) is 0. The Kier molecular flexibility index (Phi) is 4.90. The summed E-state index contributed by atoms with van der Waals surface area (Å²) in [6.07, 6.45) is 1.85. The van der Waals surface area contributed by atoms with E-state index in [1.165, 1.54) is 22.9 Å². The van der Waals surface area contributed by atoms with Gasteiger partial charge < -0.3 is 4.57 Å². The van der Waals surface area contributed by atoms with E-state index in [0.717, 1.165) is 23.3 Å². The van der Waals surface area contributed by atoms with Crippen molar-refractivity contribution in [3.8, 4) is 0 Å². The molecule has 0 aliphatic rings. The zero-order valence-electron chi connectivity index (χ0n) is 15.2. The number of aryl methyl sites for hydroxylation is 3. The normalized spacial score (nSPS) is 11.9. The molecule has 3 rings (SSSR count). The van der Waals surface area contributed by atoms with Gasteiger partial charge in [-0.3, -0.25) is 4.79 Å². The van der Waals surface area contributed by atoms with Gasteiger partial charge in [-0.2, -0.15) is 0 Å². The van der Waals surface area contributed by atoms with Crippen LogP contribution in [0.3, 0.4) is 0 Å². The average Bonchev–Trinajstić information content (AvgIpc) is 2.58. The third kappa shape index (κ3) is 3.39. The maximum Gasteiger partial charge on any atom is 0.211 e. The summed E-state index contributed by atoms with van der Waals surface area (Å²) in [5.41, 5.74) is 0.822. The molecule has 3 aromatic rings. The fourth-order valence-electron chi connectivity index (χ4n) is 3.19. The van der Waals surface area contributed by atoms with Crippen molar-refractivity contribution in [2.45, 2.75) is 43.5 Å². The minimum absolute atomic E-state index is 0.00193. The van der Waals surface area contributed by atoms with Crippen LogP contribution in [0.2, 0.25) is 0 Å². The minimum atomic E-state index is -4.12. The fourth-order valence-corrected chi connectivity index (χ4v) is 4.75. The molecule has 0 aliphatic heterocycles. The van der Waals surface area contributed by atoms with Gasteiger partial charge >= 0.3 is 0 Å². The second-order valence-corrected chi connectivity index (χ2v) is 8.54. The Labute approximate surface area is 156 Å². The molecule has 0 amide bonds. The molecule has 0 fully saturated rings. The molecular formula is C20H19F2NO3S. The molecule has 0 bridgehead atoms. The SMILES string of the molecule is CCCn1cc(S(=O)(=O)c2cc(C)cc(C)c2)c(=O)c2cc(F)c(F)cc21. The lowest BCUT2D eigenvalue weighted by atomic mass is 10.2. The molecule has 0 unspecified atom stereocenters. The summed E-state index contributed by atoms with van der Waals surface area (Å²) in [4.78, 5) is 12.4. The molecule has 0 spiro atoms. The first-order valence-electron chi connectivity index (χ1n) is 8.50. The lowest BCUT2D eigenvalue weighted by Crippen LogP contribution is -2.20. The van der Waals surface area contributed by atoms with Gasteiger partial charge in [0.15, 0.2) is 11.6 Å². The number of benzene rings is 2. The predicted molar refractivity (Wildman–Crippen MR) is 99.8 cm³/mol. The third-order valence-corrected chi connectivity index (χ3v) is 6.08. The number of pyridine rings is 1. The van der Waals surface area contributed by atoms with E-state index in [1.54, 1.807) is 13.8 Å². The Morgan fingerprint density at radius 2 is 1.56 bits per heavy atom. The highest BCUT2D eigenvalue weighted by atomic mass is 32.2. The monoisotopic (exact) mass is 391 g/mol. The van der Waals surface area contributed by atoms with E-state index in [0.29, 0.717) is 13.0 Å². The second-order valence-electron chi connectivity index (χ2n) is 6.63. The molecule has 0 saturated heterocycles. The molecule has 0 aliphatic carbocycles. The Morgan fingerprint density at radius 3 is 2.15 bits per heavy atom. The average molecular weight is 391 g/mol.